The average molecular weight is 291 g/mol. The number of rotatable bonds is 5. The zero-order valence-electron chi connectivity index (χ0n) is 13.0. The normalized spacial score (nSPS) is 18.6. The van der Waals surface area contributed by atoms with Crippen LogP contribution in [-0.4, -0.2) is 41.7 Å². The lowest BCUT2D eigenvalue weighted by Gasteiger charge is -2.34. The molecule has 116 valence electrons. The van der Waals surface area contributed by atoms with E-state index in [0.717, 1.165) is 37.1 Å². The summed E-state index contributed by atoms with van der Waals surface area (Å²) in [5.41, 5.74) is 2.31. The largest absolute Gasteiger partial charge is 0.493 e. The lowest BCUT2D eigenvalue weighted by atomic mass is 10.0. The second-order valence-corrected chi connectivity index (χ2v) is 5.72. The van der Waals surface area contributed by atoms with Crippen molar-refractivity contribution < 1.29 is 14.6 Å². The summed E-state index contributed by atoms with van der Waals surface area (Å²) in [6.07, 6.45) is 3.39. The van der Waals surface area contributed by atoms with E-state index in [0.29, 0.717) is 13.0 Å². The van der Waals surface area contributed by atoms with E-state index >= 15 is 0 Å². The van der Waals surface area contributed by atoms with Crippen LogP contribution in [0.4, 0.5) is 0 Å². The molecule has 1 atom stereocenters. The fourth-order valence-corrected chi connectivity index (χ4v) is 2.79. The molecule has 1 fully saturated rings. The third kappa shape index (κ3) is 3.97. The molecule has 1 amide bonds. The van der Waals surface area contributed by atoms with E-state index in [1.165, 1.54) is 5.56 Å². The number of carbonyl (C=O) groups is 1. The van der Waals surface area contributed by atoms with Crippen molar-refractivity contribution in [3.05, 3.63) is 29.3 Å². The molecular formula is C17H25NO3. The van der Waals surface area contributed by atoms with Crippen molar-refractivity contribution >= 4 is 5.91 Å². The van der Waals surface area contributed by atoms with Gasteiger partial charge in [0, 0.05) is 6.54 Å². The van der Waals surface area contributed by atoms with Crippen molar-refractivity contribution in [2.75, 3.05) is 19.8 Å². The van der Waals surface area contributed by atoms with Gasteiger partial charge in [0.15, 0.2) is 0 Å². The summed E-state index contributed by atoms with van der Waals surface area (Å²) in [6.45, 7) is 5.28. The molecule has 0 spiro atoms. The Morgan fingerprint density at radius 2 is 2.19 bits per heavy atom. The van der Waals surface area contributed by atoms with Gasteiger partial charge in [-0.1, -0.05) is 12.1 Å². The first-order chi connectivity index (χ1) is 10.1. The van der Waals surface area contributed by atoms with Crippen LogP contribution in [0.1, 0.15) is 36.8 Å². The third-order valence-electron chi connectivity index (χ3n) is 4.29. The summed E-state index contributed by atoms with van der Waals surface area (Å²) in [7, 11) is 0. The van der Waals surface area contributed by atoms with Gasteiger partial charge in [-0.3, -0.25) is 4.79 Å². The zero-order valence-corrected chi connectivity index (χ0v) is 13.0. The van der Waals surface area contributed by atoms with Crippen LogP contribution < -0.4 is 4.74 Å². The Bertz CT molecular complexity index is 487. The maximum atomic E-state index is 12.2. The Morgan fingerprint density at radius 3 is 2.95 bits per heavy atom. The van der Waals surface area contributed by atoms with Gasteiger partial charge in [0.25, 0.3) is 0 Å². The summed E-state index contributed by atoms with van der Waals surface area (Å²) >= 11 is 0. The molecule has 1 aromatic rings. The number of aliphatic hydroxyl groups is 1. The predicted octanol–water partition coefficient (Wildman–Crippen LogP) is 2.45. The molecule has 0 radical (unpaired) electrons. The number of hydrogen-bond donors (Lipinski definition) is 1. The van der Waals surface area contributed by atoms with E-state index < -0.39 is 0 Å². The number of piperidine rings is 1. The molecule has 0 saturated carbocycles. The van der Waals surface area contributed by atoms with Crippen LogP contribution in [0.2, 0.25) is 0 Å². The molecule has 4 nitrogen and oxygen atoms in total. The predicted molar refractivity (Wildman–Crippen MR) is 82.5 cm³/mol. The van der Waals surface area contributed by atoms with Gasteiger partial charge in [-0.2, -0.15) is 0 Å². The van der Waals surface area contributed by atoms with Crippen LogP contribution in [0.15, 0.2) is 18.2 Å². The number of nitrogens with zero attached hydrogens (tertiary/aromatic N) is 1. The van der Waals surface area contributed by atoms with Gasteiger partial charge in [0.2, 0.25) is 5.91 Å². The molecule has 1 N–H and O–H groups in total. The first kappa shape index (κ1) is 15.8. The number of aryl methyl sites for hydroxylation is 1. The van der Waals surface area contributed by atoms with Gasteiger partial charge in [-0.05, 0) is 50.3 Å². The molecule has 4 heteroatoms. The van der Waals surface area contributed by atoms with E-state index in [-0.39, 0.29) is 18.6 Å². The van der Waals surface area contributed by atoms with Crippen LogP contribution in [0, 0.1) is 13.8 Å². The zero-order chi connectivity index (χ0) is 15.2. The number of ether oxygens (including phenoxy) is 1. The van der Waals surface area contributed by atoms with Crippen molar-refractivity contribution in [3.63, 3.8) is 0 Å². The van der Waals surface area contributed by atoms with E-state index in [1.807, 2.05) is 36.9 Å². The number of benzene rings is 1. The van der Waals surface area contributed by atoms with E-state index in [9.17, 15) is 9.90 Å². The van der Waals surface area contributed by atoms with Gasteiger partial charge in [0.1, 0.15) is 5.75 Å². The maximum absolute atomic E-state index is 12.2. The lowest BCUT2D eigenvalue weighted by molar-refractivity contribution is -0.136. The smallest absolute Gasteiger partial charge is 0.226 e. The minimum absolute atomic E-state index is 0.00745. The highest BCUT2D eigenvalue weighted by molar-refractivity contribution is 5.76. The fraction of sp³-hybridized carbons (Fsp3) is 0.588. The molecule has 1 saturated heterocycles. The number of carbonyl (C=O) groups excluding carboxylic acids is 1. The van der Waals surface area contributed by atoms with Gasteiger partial charge in [-0.25, -0.2) is 0 Å². The SMILES string of the molecule is Cc1cccc(OCCC(=O)N2CCCCC2CO)c1C. The van der Waals surface area contributed by atoms with E-state index in [1.54, 1.807) is 0 Å². The summed E-state index contributed by atoms with van der Waals surface area (Å²) in [6, 6.07) is 5.94. The molecule has 1 heterocycles. The number of likely N-dealkylation sites (tertiary alicyclic amines) is 1. The molecule has 2 rings (SSSR count). The fourth-order valence-electron chi connectivity index (χ4n) is 2.79. The molecule has 1 aliphatic rings. The highest BCUT2D eigenvalue weighted by Gasteiger charge is 2.25. The second-order valence-electron chi connectivity index (χ2n) is 5.72. The van der Waals surface area contributed by atoms with Crippen LogP contribution in [0.25, 0.3) is 0 Å². The molecule has 1 aliphatic heterocycles. The van der Waals surface area contributed by atoms with Crippen molar-refractivity contribution in [1.29, 1.82) is 0 Å². The quantitative estimate of drug-likeness (QED) is 0.906. The monoisotopic (exact) mass is 291 g/mol. The first-order valence-corrected chi connectivity index (χ1v) is 7.73. The second kappa shape index (κ2) is 7.46. The summed E-state index contributed by atoms with van der Waals surface area (Å²) < 4.78 is 5.74. The lowest BCUT2D eigenvalue weighted by Crippen LogP contribution is -2.46. The minimum atomic E-state index is -0.00745. The highest BCUT2D eigenvalue weighted by atomic mass is 16.5. The van der Waals surface area contributed by atoms with E-state index in [4.69, 9.17) is 4.74 Å². The summed E-state index contributed by atoms with van der Waals surface area (Å²) in [5.74, 6) is 0.930. The Morgan fingerprint density at radius 1 is 1.38 bits per heavy atom. The van der Waals surface area contributed by atoms with Crippen molar-refractivity contribution in [1.82, 2.24) is 4.90 Å². The standard InChI is InChI=1S/C17H25NO3/c1-13-6-5-8-16(14(13)2)21-11-9-17(20)18-10-4-3-7-15(18)12-19/h5-6,8,15,19H,3-4,7,9-12H2,1-2H3. The molecule has 0 aromatic heterocycles. The Balaban J connectivity index is 1.85. The van der Waals surface area contributed by atoms with Crippen LogP contribution >= 0.6 is 0 Å². The molecule has 1 aromatic carbocycles. The number of aliphatic hydroxyl groups excluding tert-OH is 1. The van der Waals surface area contributed by atoms with Crippen molar-refractivity contribution in [2.24, 2.45) is 0 Å². The van der Waals surface area contributed by atoms with Gasteiger partial charge in [-0.15, -0.1) is 0 Å². The third-order valence-corrected chi connectivity index (χ3v) is 4.29. The highest BCUT2D eigenvalue weighted by Crippen LogP contribution is 2.21. The molecule has 0 bridgehead atoms. The van der Waals surface area contributed by atoms with Crippen molar-refractivity contribution in [2.45, 2.75) is 45.6 Å². The van der Waals surface area contributed by atoms with Gasteiger partial charge < -0.3 is 14.7 Å². The Kier molecular flexibility index (Phi) is 5.62. The van der Waals surface area contributed by atoms with Crippen LogP contribution in [0.5, 0.6) is 5.75 Å². The van der Waals surface area contributed by atoms with Crippen LogP contribution in [-0.2, 0) is 4.79 Å². The average Bonchev–Trinajstić information content (AvgIpc) is 2.51. The first-order valence-electron chi connectivity index (χ1n) is 7.73. The van der Waals surface area contributed by atoms with E-state index in [2.05, 4.69) is 0 Å². The maximum Gasteiger partial charge on any atom is 0.226 e. The van der Waals surface area contributed by atoms with Gasteiger partial charge in [0.05, 0.1) is 25.7 Å². The topological polar surface area (TPSA) is 49.8 Å². The molecular weight excluding hydrogens is 266 g/mol. The molecule has 1 unspecified atom stereocenters. The summed E-state index contributed by atoms with van der Waals surface area (Å²) in [4.78, 5) is 14.1. The number of hydrogen-bond acceptors (Lipinski definition) is 3. The molecule has 0 aliphatic carbocycles. The summed E-state index contributed by atoms with van der Waals surface area (Å²) in [5, 5.41) is 9.36. The Hall–Kier alpha value is -1.55. The number of amides is 1. The van der Waals surface area contributed by atoms with Gasteiger partial charge >= 0.3 is 0 Å². The Labute approximate surface area is 126 Å². The minimum Gasteiger partial charge on any atom is -0.493 e. The van der Waals surface area contributed by atoms with Crippen molar-refractivity contribution in [3.8, 4) is 5.75 Å². The molecule has 21 heavy (non-hydrogen) atoms. The van der Waals surface area contributed by atoms with Crippen LogP contribution in [0.3, 0.4) is 0 Å².